The molecule has 1 amide bonds. The lowest BCUT2D eigenvalue weighted by Gasteiger charge is -2.08. The predicted molar refractivity (Wildman–Crippen MR) is 89.9 cm³/mol. The van der Waals surface area contributed by atoms with Crippen molar-refractivity contribution in [2.75, 3.05) is 11.1 Å². The maximum Gasteiger partial charge on any atom is 0.270 e. The average Bonchev–Trinajstić information content (AvgIpc) is 3.02. The highest BCUT2D eigenvalue weighted by molar-refractivity contribution is 6.08. The van der Waals surface area contributed by atoms with E-state index in [2.05, 4.69) is 15.5 Å². The van der Waals surface area contributed by atoms with Gasteiger partial charge in [0.25, 0.3) is 11.6 Å². The highest BCUT2D eigenvalue weighted by Crippen LogP contribution is 2.23. The van der Waals surface area contributed by atoms with E-state index in [1.807, 2.05) is 0 Å². The Hall–Kier alpha value is -3.75. The minimum absolute atomic E-state index is 0.0332. The van der Waals surface area contributed by atoms with Crippen LogP contribution >= 0.6 is 0 Å². The smallest absolute Gasteiger partial charge is 0.270 e. The van der Waals surface area contributed by atoms with Gasteiger partial charge in [-0.2, -0.15) is 0 Å². The molecule has 0 saturated carbocycles. The minimum atomic E-state index is -0.586. The van der Waals surface area contributed by atoms with Gasteiger partial charge in [0, 0.05) is 36.0 Å². The molecule has 0 unspecified atom stereocenters. The fraction of sp³-hybridized carbons (Fsp3) is 0.0625. The van der Waals surface area contributed by atoms with Gasteiger partial charge in [-0.25, -0.2) is 0 Å². The minimum Gasteiger partial charge on any atom is -0.421 e. The second-order valence-electron chi connectivity index (χ2n) is 5.19. The van der Waals surface area contributed by atoms with Crippen LogP contribution in [0.25, 0.3) is 11.5 Å². The van der Waals surface area contributed by atoms with E-state index in [1.165, 1.54) is 12.1 Å². The average molecular weight is 339 g/mol. The van der Waals surface area contributed by atoms with E-state index < -0.39 is 10.8 Å². The first kappa shape index (κ1) is 16.1. The van der Waals surface area contributed by atoms with Crippen LogP contribution in [0.1, 0.15) is 16.2 Å². The van der Waals surface area contributed by atoms with Crippen molar-refractivity contribution in [1.82, 2.24) is 10.2 Å². The van der Waals surface area contributed by atoms with Crippen molar-refractivity contribution in [3.05, 3.63) is 64.0 Å². The Morgan fingerprint density at radius 1 is 1.20 bits per heavy atom. The van der Waals surface area contributed by atoms with Crippen molar-refractivity contribution < 1.29 is 14.1 Å². The quantitative estimate of drug-likeness (QED) is 0.423. The predicted octanol–water partition coefficient (Wildman–Crippen LogP) is 2.79. The fourth-order valence-electron chi connectivity index (χ4n) is 2.16. The number of aryl methyl sites for hydroxylation is 1. The Bertz CT molecular complexity index is 949. The molecule has 3 rings (SSSR count). The summed E-state index contributed by atoms with van der Waals surface area (Å²) in [6.45, 7) is 1.69. The molecule has 0 fully saturated rings. The van der Waals surface area contributed by atoms with Crippen LogP contribution in [0.4, 0.5) is 17.1 Å². The van der Waals surface area contributed by atoms with E-state index >= 15 is 0 Å². The van der Waals surface area contributed by atoms with Crippen LogP contribution < -0.4 is 11.1 Å². The molecule has 0 atom stereocenters. The third-order valence-corrected chi connectivity index (χ3v) is 3.41. The number of nitro benzene ring substituents is 1. The number of anilines is 2. The summed E-state index contributed by atoms with van der Waals surface area (Å²) in [6.07, 6.45) is 0. The molecule has 0 bridgehead atoms. The Morgan fingerprint density at radius 2 is 1.92 bits per heavy atom. The number of non-ortho nitro benzene ring substituents is 1. The zero-order chi connectivity index (χ0) is 18.0. The lowest BCUT2D eigenvalue weighted by atomic mass is 10.1. The Balaban J connectivity index is 1.79. The number of hydrogen-bond donors (Lipinski definition) is 2. The fourth-order valence-corrected chi connectivity index (χ4v) is 2.16. The molecule has 0 aliphatic carbocycles. The van der Waals surface area contributed by atoms with Crippen LogP contribution in [0.5, 0.6) is 0 Å². The second kappa shape index (κ2) is 6.40. The Kier molecular flexibility index (Phi) is 4.12. The summed E-state index contributed by atoms with van der Waals surface area (Å²) in [7, 11) is 0. The Labute approximate surface area is 141 Å². The van der Waals surface area contributed by atoms with E-state index in [0.29, 0.717) is 23.0 Å². The maximum absolute atomic E-state index is 12.3. The number of benzene rings is 2. The molecule has 0 spiro atoms. The zero-order valence-electron chi connectivity index (χ0n) is 13.1. The van der Waals surface area contributed by atoms with Gasteiger partial charge >= 0.3 is 0 Å². The van der Waals surface area contributed by atoms with Gasteiger partial charge in [0.15, 0.2) is 0 Å². The number of aromatic nitrogens is 2. The van der Waals surface area contributed by atoms with Gasteiger partial charge in [-0.3, -0.25) is 14.9 Å². The van der Waals surface area contributed by atoms with Gasteiger partial charge in [-0.15, -0.1) is 10.2 Å². The number of nitrogens with one attached hydrogen (secondary N) is 1. The van der Waals surface area contributed by atoms with Gasteiger partial charge in [0.2, 0.25) is 11.8 Å². The number of hydrogen-bond acceptors (Lipinski definition) is 7. The highest BCUT2D eigenvalue weighted by atomic mass is 16.6. The van der Waals surface area contributed by atoms with Crippen LogP contribution in [-0.2, 0) is 0 Å². The number of nitrogens with two attached hydrogens (primary N) is 1. The molecule has 1 heterocycles. The van der Waals surface area contributed by atoms with Crippen molar-refractivity contribution in [1.29, 1.82) is 0 Å². The number of carbonyl (C=O) groups excluding carboxylic acids is 1. The summed E-state index contributed by atoms with van der Waals surface area (Å²) >= 11 is 0. The SMILES string of the molecule is Cc1nnc(-c2ccc(NC(=O)c3cc([N+](=O)[O-])ccc3N)cc2)o1. The van der Waals surface area contributed by atoms with Crippen molar-refractivity contribution in [3.63, 3.8) is 0 Å². The van der Waals surface area contributed by atoms with Gasteiger partial charge < -0.3 is 15.5 Å². The molecule has 0 radical (unpaired) electrons. The first-order valence-electron chi connectivity index (χ1n) is 7.20. The van der Waals surface area contributed by atoms with Crippen LogP contribution in [0, 0.1) is 17.0 Å². The third kappa shape index (κ3) is 3.44. The molecule has 3 aromatic rings. The zero-order valence-corrected chi connectivity index (χ0v) is 13.1. The van der Waals surface area contributed by atoms with E-state index in [9.17, 15) is 14.9 Å². The molecule has 9 nitrogen and oxygen atoms in total. The maximum atomic E-state index is 12.3. The van der Waals surface area contributed by atoms with Crippen molar-refractivity contribution in [2.45, 2.75) is 6.92 Å². The van der Waals surface area contributed by atoms with E-state index in [4.69, 9.17) is 10.2 Å². The third-order valence-electron chi connectivity index (χ3n) is 3.41. The van der Waals surface area contributed by atoms with Crippen molar-refractivity contribution >= 4 is 23.0 Å². The summed E-state index contributed by atoms with van der Waals surface area (Å²) in [6, 6.07) is 10.4. The first-order chi connectivity index (χ1) is 11.9. The van der Waals surface area contributed by atoms with Crippen LogP contribution in [0.15, 0.2) is 46.9 Å². The molecule has 25 heavy (non-hydrogen) atoms. The summed E-state index contributed by atoms with van der Waals surface area (Å²) in [5.41, 5.74) is 6.91. The molecule has 3 N–H and O–H groups in total. The first-order valence-corrected chi connectivity index (χ1v) is 7.20. The van der Waals surface area contributed by atoms with E-state index in [-0.39, 0.29) is 16.9 Å². The van der Waals surface area contributed by atoms with Crippen LogP contribution in [0.2, 0.25) is 0 Å². The lowest BCUT2D eigenvalue weighted by Crippen LogP contribution is -2.14. The van der Waals surface area contributed by atoms with Crippen LogP contribution in [-0.4, -0.2) is 21.0 Å². The largest absolute Gasteiger partial charge is 0.421 e. The number of rotatable bonds is 4. The molecular weight excluding hydrogens is 326 g/mol. The normalized spacial score (nSPS) is 10.4. The van der Waals surface area contributed by atoms with E-state index in [0.717, 1.165) is 6.07 Å². The number of nitrogen functional groups attached to an aromatic ring is 1. The second-order valence-corrected chi connectivity index (χ2v) is 5.19. The number of carbonyl (C=O) groups is 1. The molecule has 1 aromatic heterocycles. The lowest BCUT2D eigenvalue weighted by molar-refractivity contribution is -0.384. The molecule has 9 heteroatoms. The van der Waals surface area contributed by atoms with Crippen molar-refractivity contribution in [2.24, 2.45) is 0 Å². The summed E-state index contributed by atoms with van der Waals surface area (Å²) in [5.74, 6) is 0.286. The summed E-state index contributed by atoms with van der Waals surface area (Å²) in [5, 5.41) is 21.1. The topological polar surface area (TPSA) is 137 Å². The van der Waals surface area contributed by atoms with Gasteiger partial charge in [0.1, 0.15) is 0 Å². The summed E-state index contributed by atoms with van der Waals surface area (Å²) in [4.78, 5) is 22.6. The number of amides is 1. The molecule has 126 valence electrons. The number of nitrogens with zero attached hydrogens (tertiary/aromatic N) is 3. The van der Waals surface area contributed by atoms with Gasteiger partial charge in [0.05, 0.1) is 10.5 Å². The van der Waals surface area contributed by atoms with Crippen LogP contribution in [0.3, 0.4) is 0 Å². The van der Waals surface area contributed by atoms with Gasteiger partial charge in [-0.1, -0.05) is 0 Å². The van der Waals surface area contributed by atoms with E-state index in [1.54, 1.807) is 31.2 Å². The highest BCUT2D eigenvalue weighted by Gasteiger charge is 2.15. The monoisotopic (exact) mass is 339 g/mol. The summed E-state index contributed by atoms with van der Waals surface area (Å²) < 4.78 is 5.32. The van der Waals surface area contributed by atoms with Gasteiger partial charge in [-0.05, 0) is 30.3 Å². The molecule has 0 aliphatic heterocycles. The molecule has 0 saturated heterocycles. The molecule has 0 aliphatic rings. The molecular formula is C16H13N5O4. The standard InChI is InChI=1S/C16H13N5O4/c1-9-19-20-16(25-9)10-2-4-11(5-3-10)18-15(22)13-8-12(21(23)24)6-7-14(13)17/h2-8H,17H2,1H3,(H,18,22). The Morgan fingerprint density at radius 3 is 2.52 bits per heavy atom. The van der Waals surface area contributed by atoms with Crippen molar-refractivity contribution in [3.8, 4) is 11.5 Å². The molecule has 2 aromatic carbocycles. The number of nitro groups is 1.